The number of aryl methyl sites for hydroxylation is 2. The van der Waals surface area contributed by atoms with Crippen LogP contribution in [-0.4, -0.2) is 15.9 Å². The van der Waals surface area contributed by atoms with Crippen LogP contribution in [0.1, 0.15) is 21.6 Å². The van der Waals surface area contributed by atoms with E-state index in [0.29, 0.717) is 11.5 Å². The van der Waals surface area contributed by atoms with Crippen LogP contribution in [0.2, 0.25) is 0 Å². The Balaban J connectivity index is 1.79. The molecule has 3 rings (SSSR count). The quantitative estimate of drug-likeness (QED) is 0.748. The summed E-state index contributed by atoms with van der Waals surface area (Å²) in [6.07, 6.45) is 1.31. The monoisotopic (exact) mass is 336 g/mol. The summed E-state index contributed by atoms with van der Waals surface area (Å²) in [5.74, 6) is -0.345. The van der Waals surface area contributed by atoms with E-state index in [-0.39, 0.29) is 5.69 Å². The molecule has 0 radical (unpaired) electrons. The van der Waals surface area contributed by atoms with Gasteiger partial charge in [-0.25, -0.2) is 14.4 Å². The maximum Gasteiger partial charge on any atom is 0.274 e. The molecule has 126 valence electrons. The Kier molecular flexibility index (Phi) is 4.70. The molecule has 0 bridgehead atoms. The van der Waals surface area contributed by atoms with Gasteiger partial charge < -0.3 is 10.6 Å². The number of benzene rings is 2. The fraction of sp³-hybridized carbons (Fsp3) is 0.105. The zero-order chi connectivity index (χ0) is 17.8. The minimum atomic E-state index is -0.433. The van der Waals surface area contributed by atoms with Crippen molar-refractivity contribution in [2.45, 2.75) is 13.8 Å². The van der Waals surface area contributed by atoms with Gasteiger partial charge in [-0.2, -0.15) is 0 Å². The second-order valence-electron chi connectivity index (χ2n) is 5.70. The molecule has 3 aromatic rings. The molecular formula is C19H17FN4O. The Labute approximate surface area is 145 Å². The predicted octanol–water partition coefficient (Wildman–Crippen LogP) is 4.23. The van der Waals surface area contributed by atoms with Gasteiger partial charge in [-0.3, -0.25) is 4.79 Å². The highest BCUT2D eigenvalue weighted by atomic mass is 19.1. The van der Waals surface area contributed by atoms with E-state index in [0.717, 1.165) is 16.8 Å². The lowest BCUT2D eigenvalue weighted by Gasteiger charge is -2.10. The van der Waals surface area contributed by atoms with Crippen molar-refractivity contribution >= 4 is 23.1 Å². The summed E-state index contributed by atoms with van der Waals surface area (Å²) in [5.41, 5.74) is 3.65. The maximum absolute atomic E-state index is 13.2. The lowest BCUT2D eigenvalue weighted by atomic mass is 10.1. The van der Waals surface area contributed by atoms with Crippen molar-refractivity contribution in [3.05, 3.63) is 77.5 Å². The summed E-state index contributed by atoms with van der Waals surface area (Å²) >= 11 is 0. The van der Waals surface area contributed by atoms with Crippen LogP contribution in [0.5, 0.6) is 0 Å². The molecule has 25 heavy (non-hydrogen) atoms. The Morgan fingerprint density at radius 2 is 1.88 bits per heavy atom. The SMILES string of the molecule is Cc1ccc(C)c(Nc2cc(C(=O)Nc3cccc(F)c3)ncn2)c1. The largest absolute Gasteiger partial charge is 0.340 e. The summed E-state index contributed by atoms with van der Waals surface area (Å²) < 4.78 is 13.2. The average molecular weight is 336 g/mol. The molecule has 0 saturated heterocycles. The number of anilines is 3. The zero-order valence-corrected chi connectivity index (χ0v) is 13.9. The summed E-state index contributed by atoms with van der Waals surface area (Å²) in [7, 11) is 0. The molecule has 1 amide bonds. The second kappa shape index (κ2) is 7.09. The fourth-order valence-corrected chi connectivity index (χ4v) is 2.32. The van der Waals surface area contributed by atoms with Gasteiger partial charge in [0.15, 0.2) is 0 Å². The van der Waals surface area contributed by atoms with Gasteiger partial charge in [0.05, 0.1) is 0 Å². The number of hydrogen-bond donors (Lipinski definition) is 2. The minimum absolute atomic E-state index is 0.187. The molecule has 1 heterocycles. The first-order valence-electron chi connectivity index (χ1n) is 7.74. The van der Waals surface area contributed by atoms with Crippen LogP contribution in [-0.2, 0) is 0 Å². The number of halogens is 1. The number of amides is 1. The van der Waals surface area contributed by atoms with Gasteiger partial charge in [0, 0.05) is 17.4 Å². The number of hydrogen-bond acceptors (Lipinski definition) is 4. The predicted molar refractivity (Wildman–Crippen MR) is 95.6 cm³/mol. The van der Waals surface area contributed by atoms with Crippen molar-refractivity contribution in [2.24, 2.45) is 0 Å². The molecule has 0 spiro atoms. The molecule has 0 fully saturated rings. The van der Waals surface area contributed by atoms with E-state index in [1.807, 2.05) is 32.0 Å². The van der Waals surface area contributed by atoms with E-state index in [9.17, 15) is 9.18 Å². The summed E-state index contributed by atoms with van der Waals surface area (Å²) in [4.78, 5) is 20.4. The van der Waals surface area contributed by atoms with Gasteiger partial charge in [-0.15, -0.1) is 0 Å². The summed E-state index contributed by atoms with van der Waals surface area (Å²) in [6.45, 7) is 3.99. The fourth-order valence-electron chi connectivity index (χ4n) is 2.32. The Bertz CT molecular complexity index is 927. The van der Waals surface area contributed by atoms with E-state index in [2.05, 4.69) is 20.6 Å². The van der Waals surface area contributed by atoms with Crippen LogP contribution >= 0.6 is 0 Å². The van der Waals surface area contributed by atoms with E-state index < -0.39 is 11.7 Å². The van der Waals surface area contributed by atoms with Gasteiger partial charge in [0.2, 0.25) is 0 Å². The number of carbonyl (C=O) groups excluding carboxylic acids is 1. The molecule has 0 unspecified atom stereocenters. The lowest BCUT2D eigenvalue weighted by molar-refractivity contribution is 0.102. The third-order valence-corrected chi connectivity index (χ3v) is 3.64. The van der Waals surface area contributed by atoms with Crippen molar-refractivity contribution < 1.29 is 9.18 Å². The highest BCUT2D eigenvalue weighted by Crippen LogP contribution is 2.21. The van der Waals surface area contributed by atoms with Crippen molar-refractivity contribution in [1.82, 2.24) is 9.97 Å². The highest BCUT2D eigenvalue weighted by molar-refractivity contribution is 6.03. The third kappa shape index (κ3) is 4.17. The maximum atomic E-state index is 13.2. The van der Waals surface area contributed by atoms with Crippen LogP contribution in [0.4, 0.5) is 21.6 Å². The highest BCUT2D eigenvalue weighted by Gasteiger charge is 2.10. The molecular weight excluding hydrogens is 319 g/mol. The lowest BCUT2D eigenvalue weighted by Crippen LogP contribution is -2.14. The van der Waals surface area contributed by atoms with Crippen LogP contribution in [0, 0.1) is 19.7 Å². The van der Waals surface area contributed by atoms with Gasteiger partial charge >= 0.3 is 0 Å². The topological polar surface area (TPSA) is 66.9 Å². The number of aromatic nitrogens is 2. The van der Waals surface area contributed by atoms with E-state index in [4.69, 9.17) is 0 Å². The smallest absolute Gasteiger partial charge is 0.274 e. The molecule has 1 aromatic heterocycles. The number of carbonyl (C=O) groups is 1. The Hall–Kier alpha value is -3.28. The molecule has 2 aromatic carbocycles. The first-order valence-corrected chi connectivity index (χ1v) is 7.74. The summed E-state index contributed by atoms with van der Waals surface area (Å²) in [5, 5.41) is 5.80. The van der Waals surface area contributed by atoms with Crippen LogP contribution < -0.4 is 10.6 Å². The molecule has 0 saturated carbocycles. The van der Waals surface area contributed by atoms with Gasteiger partial charge in [0.1, 0.15) is 23.7 Å². The molecule has 0 aliphatic carbocycles. The molecule has 0 atom stereocenters. The van der Waals surface area contributed by atoms with Crippen LogP contribution in [0.25, 0.3) is 0 Å². The van der Waals surface area contributed by atoms with Crippen molar-refractivity contribution in [2.75, 3.05) is 10.6 Å². The van der Waals surface area contributed by atoms with E-state index in [1.165, 1.54) is 24.5 Å². The van der Waals surface area contributed by atoms with Crippen molar-refractivity contribution in [3.8, 4) is 0 Å². The number of rotatable bonds is 4. The summed E-state index contributed by atoms with van der Waals surface area (Å²) in [6, 6.07) is 13.3. The molecule has 2 N–H and O–H groups in total. The van der Waals surface area contributed by atoms with Crippen molar-refractivity contribution in [1.29, 1.82) is 0 Å². The molecule has 0 aliphatic heterocycles. The number of nitrogens with zero attached hydrogens (tertiary/aromatic N) is 2. The third-order valence-electron chi connectivity index (χ3n) is 3.64. The van der Waals surface area contributed by atoms with Gasteiger partial charge in [0.25, 0.3) is 5.91 Å². The van der Waals surface area contributed by atoms with Crippen LogP contribution in [0.3, 0.4) is 0 Å². The molecule has 5 nitrogen and oxygen atoms in total. The minimum Gasteiger partial charge on any atom is -0.340 e. The molecule has 6 heteroatoms. The molecule has 0 aliphatic rings. The second-order valence-corrected chi connectivity index (χ2v) is 5.70. The van der Waals surface area contributed by atoms with E-state index in [1.54, 1.807) is 12.1 Å². The van der Waals surface area contributed by atoms with Gasteiger partial charge in [-0.1, -0.05) is 18.2 Å². The Morgan fingerprint density at radius 3 is 2.68 bits per heavy atom. The first kappa shape index (κ1) is 16.6. The van der Waals surface area contributed by atoms with E-state index >= 15 is 0 Å². The standard InChI is InChI=1S/C19H17FN4O/c1-12-6-7-13(2)16(8-12)24-18-10-17(21-11-22-18)19(25)23-15-5-3-4-14(20)9-15/h3-11H,1-2H3,(H,23,25)(H,21,22,24). The zero-order valence-electron chi connectivity index (χ0n) is 13.9. The Morgan fingerprint density at radius 1 is 1.04 bits per heavy atom. The normalized spacial score (nSPS) is 10.4. The average Bonchev–Trinajstić information content (AvgIpc) is 2.58. The van der Waals surface area contributed by atoms with Gasteiger partial charge in [-0.05, 0) is 49.2 Å². The van der Waals surface area contributed by atoms with Crippen molar-refractivity contribution in [3.63, 3.8) is 0 Å². The van der Waals surface area contributed by atoms with Crippen LogP contribution in [0.15, 0.2) is 54.9 Å². The first-order chi connectivity index (χ1) is 12.0. The number of nitrogens with one attached hydrogen (secondary N) is 2.